The van der Waals surface area contributed by atoms with Gasteiger partial charge in [0, 0.05) is 5.02 Å². The third-order valence-electron chi connectivity index (χ3n) is 1.77. The molecule has 78 valence electrons. The van der Waals surface area contributed by atoms with Crippen LogP contribution in [0.4, 0.5) is 0 Å². The molecule has 1 amide bonds. The molecule has 0 aliphatic rings. The highest BCUT2D eigenvalue weighted by Gasteiger charge is 2.11. The van der Waals surface area contributed by atoms with Gasteiger partial charge >= 0.3 is 0 Å². The maximum atomic E-state index is 11.6. The first kappa shape index (κ1) is 11.9. The second-order valence-electron chi connectivity index (χ2n) is 2.99. The predicted octanol–water partition coefficient (Wildman–Crippen LogP) is 2.74. The topological polar surface area (TPSA) is 29.1 Å². The van der Waals surface area contributed by atoms with E-state index >= 15 is 0 Å². The molecule has 0 aliphatic carbocycles. The number of carbonyl (C=O) groups is 1. The van der Waals surface area contributed by atoms with E-state index in [2.05, 4.69) is 11.2 Å². The molecule has 0 bridgehead atoms. The summed E-state index contributed by atoms with van der Waals surface area (Å²) in [4.78, 5) is 11.6. The van der Waals surface area contributed by atoms with Crippen molar-refractivity contribution in [3.63, 3.8) is 0 Å². The highest BCUT2D eigenvalue weighted by atomic mass is 35.5. The van der Waals surface area contributed by atoms with Gasteiger partial charge in [0.15, 0.2) is 0 Å². The van der Waals surface area contributed by atoms with Crippen molar-refractivity contribution in [3.8, 4) is 12.3 Å². The maximum Gasteiger partial charge on any atom is 0.253 e. The molecule has 1 aromatic carbocycles. The Morgan fingerprint density at radius 1 is 1.53 bits per heavy atom. The number of nitrogens with one attached hydrogen (secondary N) is 1. The lowest BCUT2D eigenvalue weighted by molar-refractivity contribution is 0.0948. The number of hydrogen-bond donors (Lipinski definition) is 1. The van der Waals surface area contributed by atoms with Crippen LogP contribution in [0.1, 0.15) is 17.3 Å². The van der Waals surface area contributed by atoms with E-state index in [0.29, 0.717) is 15.6 Å². The Morgan fingerprint density at radius 2 is 2.20 bits per heavy atom. The summed E-state index contributed by atoms with van der Waals surface area (Å²) in [6, 6.07) is 4.34. The summed E-state index contributed by atoms with van der Waals surface area (Å²) in [7, 11) is 0. The van der Waals surface area contributed by atoms with Crippen LogP contribution in [0.5, 0.6) is 0 Å². The highest BCUT2D eigenvalue weighted by Crippen LogP contribution is 2.20. The lowest BCUT2D eigenvalue weighted by atomic mass is 10.2. The van der Waals surface area contributed by atoms with E-state index in [0.717, 1.165) is 0 Å². The number of amides is 1. The van der Waals surface area contributed by atoms with E-state index in [-0.39, 0.29) is 11.9 Å². The highest BCUT2D eigenvalue weighted by molar-refractivity contribution is 6.36. The van der Waals surface area contributed by atoms with E-state index < -0.39 is 0 Å². The van der Waals surface area contributed by atoms with Gasteiger partial charge in [0.25, 0.3) is 5.91 Å². The lowest BCUT2D eigenvalue weighted by Crippen LogP contribution is -2.31. The van der Waals surface area contributed by atoms with Crippen LogP contribution < -0.4 is 5.32 Å². The smallest absolute Gasteiger partial charge is 0.253 e. The number of benzene rings is 1. The van der Waals surface area contributed by atoms with Crippen LogP contribution in [0.3, 0.4) is 0 Å². The number of halogens is 2. The van der Waals surface area contributed by atoms with Gasteiger partial charge in [-0.05, 0) is 25.1 Å². The molecule has 1 atom stereocenters. The standard InChI is InChI=1S/C11H9Cl2NO/c1-3-7(2)14-11(15)9-5-4-8(12)6-10(9)13/h1,4-7H,2H3,(H,14,15). The van der Waals surface area contributed by atoms with E-state index in [1.807, 2.05) is 0 Å². The fourth-order valence-electron chi connectivity index (χ4n) is 0.990. The van der Waals surface area contributed by atoms with Crippen LogP contribution >= 0.6 is 23.2 Å². The molecular weight excluding hydrogens is 233 g/mol. The van der Waals surface area contributed by atoms with Crippen molar-refractivity contribution in [2.75, 3.05) is 0 Å². The average molecular weight is 242 g/mol. The first-order chi connectivity index (χ1) is 7.04. The van der Waals surface area contributed by atoms with Crippen LogP contribution in [0.2, 0.25) is 10.0 Å². The van der Waals surface area contributed by atoms with Crippen molar-refractivity contribution in [2.24, 2.45) is 0 Å². The molecule has 0 aliphatic heterocycles. The van der Waals surface area contributed by atoms with Gasteiger partial charge in [0.05, 0.1) is 16.6 Å². The zero-order chi connectivity index (χ0) is 11.4. The zero-order valence-electron chi connectivity index (χ0n) is 8.05. The number of hydrogen-bond acceptors (Lipinski definition) is 1. The van der Waals surface area contributed by atoms with E-state index in [1.54, 1.807) is 19.1 Å². The van der Waals surface area contributed by atoms with E-state index in [9.17, 15) is 4.79 Å². The Balaban J connectivity index is 2.88. The second kappa shape index (κ2) is 5.06. The van der Waals surface area contributed by atoms with Gasteiger partial charge in [-0.15, -0.1) is 6.42 Å². The Labute approximate surface area is 98.6 Å². The van der Waals surface area contributed by atoms with Crippen LogP contribution in [-0.2, 0) is 0 Å². The summed E-state index contributed by atoms with van der Waals surface area (Å²) in [6.07, 6.45) is 5.14. The summed E-state index contributed by atoms with van der Waals surface area (Å²) in [5, 5.41) is 3.40. The summed E-state index contributed by atoms with van der Waals surface area (Å²) in [6.45, 7) is 1.71. The third-order valence-corrected chi connectivity index (χ3v) is 2.32. The molecule has 0 heterocycles. The van der Waals surface area contributed by atoms with Crippen LogP contribution in [-0.4, -0.2) is 11.9 Å². The van der Waals surface area contributed by atoms with E-state index in [1.165, 1.54) is 6.07 Å². The molecule has 0 saturated heterocycles. The molecule has 1 aromatic rings. The monoisotopic (exact) mass is 241 g/mol. The van der Waals surface area contributed by atoms with Crippen molar-refractivity contribution in [2.45, 2.75) is 13.0 Å². The molecule has 4 heteroatoms. The summed E-state index contributed by atoms with van der Waals surface area (Å²) < 4.78 is 0. The number of rotatable bonds is 2. The van der Waals surface area contributed by atoms with Crippen LogP contribution in [0, 0.1) is 12.3 Å². The molecule has 1 N–H and O–H groups in total. The molecule has 1 unspecified atom stereocenters. The molecule has 0 spiro atoms. The first-order valence-corrected chi connectivity index (χ1v) is 5.02. The van der Waals surface area contributed by atoms with Gasteiger partial charge in [-0.1, -0.05) is 29.1 Å². The Morgan fingerprint density at radius 3 is 2.73 bits per heavy atom. The van der Waals surface area contributed by atoms with E-state index in [4.69, 9.17) is 29.6 Å². The minimum atomic E-state index is -0.329. The van der Waals surface area contributed by atoms with Crippen molar-refractivity contribution >= 4 is 29.1 Å². The molecule has 0 saturated carbocycles. The number of terminal acetylenes is 1. The zero-order valence-corrected chi connectivity index (χ0v) is 9.56. The molecule has 0 fully saturated rings. The van der Waals surface area contributed by atoms with Crippen LogP contribution in [0.15, 0.2) is 18.2 Å². The average Bonchev–Trinajstić information content (AvgIpc) is 2.17. The molecular formula is C11H9Cl2NO. The number of carbonyl (C=O) groups excluding carboxylic acids is 1. The van der Waals surface area contributed by atoms with Crippen molar-refractivity contribution < 1.29 is 4.79 Å². The van der Waals surface area contributed by atoms with Gasteiger partial charge in [-0.3, -0.25) is 4.79 Å². The summed E-state index contributed by atoms with van der Waals surface area (Å²) in [5.74, 6) is 2.09. The molecule has 0 aromatic heterocycles. The minimum absolute atomic E-state index is 0.304. The molecule has 15 heavy (non-hydrogen) atoms. The molecule has 0 radical (unpaired) electrons. The third kappa shape index (κ3) is 3.16. The van der Waals surface area contributed by atoms with Gasteiger partial charge < -0.3 is 5.32 Å². The summed E-state index contributed by atoms with van der Waals surface area (Å²) >= 11 is 11.6. The molecule has 2 nitrogen and oxygen atoms in total. The van der Waals surface area contributed by atoms with Crippen molar-refractivity contribution in [1.82, 2.24) is 5.32 Å². The SMILES string of the molecule is C#CC(C)NC(=O)c1ccc(Cl)cc1Cl. The van der Waals surface area contributed by atoms with Crippen molar-refractivity contribution in [1.29, 1.82) is 0 Å². The Kier molecular flexibility index (Phi) is 4.02. The van der Waals surface area contributed by atoms with Gasteiger partial charge in [-0.25, -0.2) is 0 Å². The van der Waals surface area contributed by atoms with Crippen molar-refractivity contribution in [3.05, 3.63) is 33.8 Å². The fraction of sp³-hybridized carbons (Fsp3) is 0.182. The first-order valence-electron chi connectivity index (χ1n) is 4.26. The fourth-order valence-corrected chi connectivity index (χ4v) is 1.48. The lowest BCUT2D eigenvalue weighted by Gasteiger charge is -2.08. The normalized spacial score (nSPS) is 11.6. The largest absolute Gasteiger partial charge is 0.339 e. The Bertz CT molecular complexity index is 423. The van der Waals surface area contributed by atoms with Crippen LogP contribution in [0.25, 0.3) is 0 Å². The van der Waals surface area contributed by atoms with Gasteiger partial charge in [-0.2, -0.15) is 0 Å². The molecule has 1 rings (SSSR count). The predicted molar refractivity (Wildman–Crippen MR) is 62.2 cm³/mol. The quantitative estimate of drug-likeness (QED) is 0.794. The maximum absolute atomic E-state index is 11.6. The van der Waals surface area contributed by atoms with Gasteiger partial charge in [0.1, 0.15) is 0 Å². The van der Waals surface area contributed by atoms with Gasteiger partial charge in [0.2, 0.25) is 0 Å². The summed E-state index contributed by atoms with van der Waals surface area (Å²) in [5.41, 5.74) is 0.364. The Hall–Kier alpha value is -1.17. The second-order valence-corrected chi connectivity index (χ2v) is 3.83. The minimum Gasteiger partial charge on any atom is -0.339 e.